The Kier molecular flexibility index (Phi) is 5.99. The number of likely N-dealkylation sites (N-methyl/N-ethyl adjacent to an activating group) is 1. The summed E-state index contributed by atoms with van der Waals surface area (Å²) in [6, 6.07) is 16.4. The molecule has 0 saturated carbocycles. The number of nitrogens with zero attached hydrogens (tertiary/aromatic N) is 2. The zero-order valence-corrected chi connectivity index (χ0v) is 17.0. The van der Waals surface area contributed by atoms with Crippen LogP contribution in [0.4, 0.5) is 5.69 Å². The number of para-hydroxylation sites is 2. The van der Waals surface area contributed by atoms with Crippen molar-refractivity contribution >= 4 is 28.5 Å². The Hall–Kier alpha value is -3.32. The van der Waals surface area contributed by atoms with Crippen LogP contribution in [0.2, 0.25) is 0 Å². The Labute approximate surface area is 175 Å². The molecule has 0 bridgehead atoms. The van der Waals surface area contributed by atoms with Crippen molar-refractivity contribution in [2.45, 2.75) is 6.92 Å². The van der Waals surface area contributed by atoms with Gasteiger partial charge in [-0.05, 0) is 30.8 Å². The molecule has 0 unspecified atom stereocenters. The van der Waals surface area contributed by atoms with Crippen LogP contribution < -0.4 is 10.1 Å². The molecule has 156 valence electrons. The van der Waals surface area contributed by atoms with Gasteiger partial charge < -0.3 is 24.3 Å². The van der Waals surface area contributed by atoms with Crippen molar-refractivity contribution in [3.05, 3.63) is 60.4 Å². The lowest BCUT2D eigenvalue weighted by Crippen LogP contribution is -2.48. The number of fused-ring (bicyclic) bond motifs is 1. The summed E-state index contributed by atoms with van der Waals surface area (Å²) < 4.78 is 11.4. The summed E-state index contributed by atoms with van der Waals surface area (Å²) in [7, 11) is 0. The highest BCUT2D eigenvalue weighted by Gasteiger charge is 2.28. The first-order valence-electron chi connectivity index (χ1n) is 10.2. The second-order valence-corrected chi connectivity index (χ2v) is 7.18. The summed E-state index contributed by atoms with van der Waals surface area (Å²) in [6.45, 7) is 5.84. The normalized spacial score (nSPS) is 14.6. The van der Waals surface area contributed by atoms with Crippen molar-refractivity contribution in [2.24, 2.45) is 0 Å². The molecule has 30 heavy (non-hydrogen) atoms. The third-order valence-corrected chi connectivity index (χ3v) is 5.27. The number of hydrogen-bond acceptors (Lipinski definition) is 5. The van der Waals surface area contributed by atoms with Crippen molar-refractivity contribution in [1.82, 2.24) is 9.80 Å². The molecule has 0 radical (unpaired) electrons. The zero-order chi connectivity index (χ0) is 20.9. The summed E-state index contributed by atoms with van der Waals surface area (Å²) >= 11 is 0. The number of furan rings is 1. The van der Waals surface area contributed by atoms with Crippen LogP contribution in [0.3, 0.4) is 0 Å². The topological polar surface area (TPSA) is 75.0 Å². The molecule has 4 rings (SSSR count). The van der Waals surface area contributed by atoms with Gasteiger partial charge in [-0.15, -0.1) is 0 Å². The quantitative estimate of drug-likeness (QED) is 0.679. The van der Waals surface area contributed by atoms with Crippen LogP contribution in [0.5, 0.6) is 5.75 Å². The third kappa shape index (κ3) is 4.31. The first-order valence-corrected chi connectivity index (χ1v) is 10.2. The summed E-state index contributed by atoms with van der Waals surface area (Å²) in [4.78, 5) is 29.8. The predicted molar refractivity (Wildman–Crippen MR) is 115 cm³/mol. The van der Waals surface area contributed by atoms with Crippen molar-refractivity contribution in [3.8, 4) is 5.75 Å². The molecular formula is C23H25N3O4. The fourth-order valence-electron chi connectivity index (χ4n) is 3.57. The Bertz CT molecular complexity index is 1020. The number of ether oxygens (including phenoxy) is 1. The number of piperazine rings is 1. The largest absolute Gasteiger partial charge is 0.484 e. The van der Waals surface area contributed by atoms with E-state index in [2.05, 4.69) is 17.1 Å². The molecule has 0 spiro atoms. The number of carbonyl (C=O) groups excluding carboxylic acids is 2. The van der Waals surface area contributed by atoms with Crippen molar-refractivity contribution in [1.29, 1.82) is 0 Å². The molecule has 3 aromatic rings. The highest BCUT2D eigenvalue weighted by molar-refractivity contribution is 6.11. The summed E-state index contributed by atoms with van der Waals surface area (Å²) in [5.41, 5.74) is 0.961. The monoisotopic (exact) mass is 407 g/mol. The fourth-order valence-corrected chi connectivity index (χ4v) is 3.57. The summed E-state index contributed by atoms with van der Waals surface area (Å²) in [5, 5.41) is 3.52. The van der Waals surface area contributed by atoms with E-state index in [1.165, 1.54) is 0 Å². The van der Waals surface area contributed by atoms with Crippen LogP contribution in [0.1, 0.15) is 17.5 Å². The van der Waals surface area contributed by atoms with Gasteiger partial charge >= 0.3 is 0 Å². The average molecular weight is 407 g/mol. The molecule has 2 heterocycles. The maximum absolute atomic E-state index is 13.2. The van der Waals surface area contributed by atoms with E-state index in [9.17, 15) is 9.59 Å². The van der Waals surface area contributed by atoms with E-state index in [0.29, 0.717) is 35.5 Å². The minimum atomic E-state index is -0.352. The molecule has 0 aliphatic carbocycles. The predicted octanol–water partition coefficient (Wildman–Crippen LogP) is 3.23. The molecule has 1 aromatic heterocycles. The molecule has 1 N–H and O–H groups in total. The molecule has 1 fully saturated rings. The zero-order valence-electron chi connectivity index (χ0n) is 17.0. The Morgan fingerprint density at radius 1 is 1.00 bits per heavy atom. The minimum Gasteiger partial charge on any atom is -0.484 e. The van der Waals surface area contributed by atoms with Gasteiger partial charge in [0.2, 0.25) is 5.76 Å². The van der Waals surface area contributed by atoms with Gasteiger partial charge in [-0.3, -0.25) is 9.59 Å². The van der Waals surface area contributed by atoms with Gasteiger partial charge in [0.15, 0.2) is 6.61 Å². The summed E-state index contributed by atoms with van der Waals surface area (Å²) in [6.07, 6.45) is 0. The van der Waals surface area contributed by atoms with Crippen molar-refractivity contribution in [3.63, 3.8) is 0 Å². The van der Waals surface area contributed by atoms with Gasteiger partial charge in [0.05, 0.1) is 0 Å². The number of rotatable bonds is 6. The number of amides is 2. The fraction of sp³-hybridized carbons (Fsp3) is 0.304. The molecule has 1 aliphatic heterocycles. The maximum Gasteiger partial charge on any atom is 0.291 e. The second-order valence-electron chi connectivity index (χ2n) is 7.18. The van der Waals surface area contributed by atoms with Crippen LogP contribution in [0.25, 0.3) is 11.0 Å². The van der Waals surface area contributed by atoms with Gasteiger partial charge in [0.1, 0.15) is 17.0 Å². The second kappa shape index (κ2) is 9.00. The standard InChI is InChI=1S/C23H25N3O4/c1-2-25-12-14-26(15-13-25)23(28)22-21(18-10-6-7-11-19(18)30-22)24-20(27)16-29-17-8-4-3-5-9-17/h3-11H,2,12-16H2,1H3,(H,24,27). The molecule has 7 heteroatoms. The first-order chi connectivity index (χ1) is 14.7. The molecule has 0 atom stereocenters. The van der Waals surface area contributed by atoms with E-state index < -0.39 is 0 Å². The van der Waals surface area contributed by atoms with Gasteiger partial charge in [0, 0.05) is 31.6 Å². The van der Waals surface area contributed by atoms with Crippen molar-refractivity contribution < 1.29 is 18.7 Å². The SMILES string of the molecule is CCN1CCN(C(=O)c2oc3ccccc3c2NC(=O)COc2ccccc2)CC1. The molecular weight excluding hydrogens is 382 g/mol. The number of hydrogen-bond donors (Lipinski definition) is 1. The molecule has 2 amide bonds. The Morgan fingerprint density at radius 3 is 2.43 bits per heavy atom. The lowest BCUT2D eigenvalue weighted by Gasteiger charge is -2.33. The van der Waals surface area contributed by atoms with Gasteiger partial charge in [-0.25, -0.2) is 0 Å². The Balaban J connectivity index is 1.53. The van der Waals surface area contributed by atoms with Crippen LogP contribution >= 0.6 is 0 Å². The molecule has 2 aromatic carbocycles. The van der Waals surface area contributed by atoms with Crippen LogP contribution in [0.15, 0.2) is 59.0 Å². The van der Waals surface area contributed by atoms with E-state index in [0.717, 1.165) is 19.6 Å². The molecule has 1 aliphatic rings. The lowest BCUT2D eigenvalue weighted by molar-refractivity contribution is -0.118. The average Bonchev–Trinajstić information content (AvgIpc) is 3.16. The first kappa shape index (κ1) is 20.0. The Morgan fingerprint density at radius 2 is 1.70 bits per heavy atom. The molecule has 7 nitrogen and oxygen atoms in total. The van der Waals surface area contributed by atoms with Gasteiger partial charge in [0.25, 0.3) is 11.8 Å². The smallest absolute Gasteiger partial charge is 0.291 e. The number of nitrogens with one attached hydrogen (secondary N) is 1. The van der Waals surface area contributed by atoms with Crippen LogP contribution in [0, 0.1) is 0 Å². The van der Waals surface area contributed by atoms with Crippen molar-refractivity contribution in [2.75, 3.05) is 44.6 Å². The van der Waals surface area contributed by atoms with E-state index in [4.69, 9.17) is 9.15 Å². The van der Waals surface area contributed by atoms with E-state index in [-0.39, 0.29) is 24.2 Å². The number of benzene rings is 2. The van der Waals surface area contributed by atoms with Gasteiger partial charge in [-0.2, -0.15) is 0 Å². The maximum atomic E-state index is 13.2. The lowest BCUT2D eigenvalue weighted by atomic mass is 10.2. The van der Waals surface area contributed by atoms with Gasteiger partial charge in [-0.1, -0.05) is 37.3 Å². The minimum absolute atomic E-state index is 0.160. The van der Waals surface area contributed by atoms with Crippen LogP contribution in [-0.2, 0) is 4.79 Å². The third-order valence-electron chi connectivity index (χ3n) is 5.27. The van der Waals surface area contributed by atoms with E-state index >= 15 is 0 Å². The number of carbonyl (C=O) groups is 2. The molecule has 1 saturated heterocycles. The highest BCUT2D eigenvalue weighted by Crippen LogP contribution is 2.32. The highest BCUT2D eigenvalue weighted by atomic mass is 16.5. The summed E-state index contributed by atoms with van der Waals surface area (Å²) in [5.74, 6) is 0.209. The van der Waals surface area contributed by atoms with Crippen LogP contribution in [-0.4, -0.2) is 60.9 Å². The van der Waals surface area contributed by atoms with E-state index in [1.54, 1.807) is 23.1 Å². The van der Waals surface area contributed by atoms with E-state index in [1.807, 2.05) is 36.4 Å². The number of anilines is 1.